The lowest BCUT2D eigenvalue weighted by molar-refractivity contribution is 0.558. The maximum absolute atomic E-state index is 5.86. The molecule has 0 spiro atoms. The summed E-state index contributed by atoms with van der Waals surface area (Å²) in [5.74, 6) is 0. The SMILES string of the molecule is N=CN.c1cocn1. The van der Waals surface area contributed by atoms with E-state index < -0.39 is 0 Å². The monoisotopic (exact) mass is 113 g/mol. The Balaban J connectivity index is 0.000000145. The zero-order valence-corrected chi connectivity index (χ0v) is 4.24. The Hall–Kier alpha value is -1.32. The number of hydrogen-bond donors (Lipinski definition) is 2. The summed E-state index contributed by atoms with van der Waals surface area (Å²) in [7, 11) is 0. The molecule has 0 atom stereocenters. The highest BCUT2D eigenvalue weighted by atomic mass is 16.3. The van der Waals surface area contributed by atoms with Crippen molar-refractivity contribution in [2.24, 2.45) is 5.73 Å². The minimum absolute atomic E-state index is 0.750. The van der Waals surface area contributed by atoms with Crippen LogP contribution in [-0.4, -0.2) is 11.3 Å². The minimum atomic E-state index is 0.750. The molecule has 0 fully saturated rings. The topological polar surface area (TPSA) is 75.9 Å². The maximum atomic E-state index is 5.86. The van der Waals surface area contributed by atoms with Crippen LogP contribution in [0.1, 0.15) is 0 Å². The molecule has 4 nitrogen and oxygen atoms in total. The van der Waals surface area contributed by atoms with E-state index in [0.29, 0.717) is 0 Å². The molecule has 3 N–H and O–H groups in total. The van der Waals surface area contributed by atoms with Crippen molar-refractivity contribution >= 4 is 6.34 Å². The van der Waals surface area contributed by atoms with Crippen molar-refractivity contribution in [1.82, 2.24) is 4.98 Å². The molecule has 4 heteroatoms. The number of rotatable bonds is 0. The molecule has 0 radical (unpaired) electrons. The second-order valence-corrected chi connectivity index (χ2v) is 0.842. The molecule has 1 heterocycles. The third-order valence-electron chi connectivity index (χ3n) is 0.347. The minimum Gasteiger partial charge on any atom is -0.452 e. The average Bonchev–Trinajstić information content (AvgIpc) is 2.17. The van der Waals surface area contributed by atoms with Crippen LogP contribution < -0.4 is 5.73 Å². The number of nitrogens with two attached hydrogens (primary N) is 1. The first-order valence-corrected chi connectivity index (χ1v) is 1.94. The van der Waals surface area contributed by atoms with Gasteiger partial charge in [-0.2, -0.15) is 0 Å². The van der Waals surface area contributed by atoms with Gasteiger partial charge in [-0.1, -0.05) is 0 Å². The first kappa shape index (κ1) is 6.68. The van der Waals surface area contributed by atoms with Crippen LogP contribution in [0.15, 0.2) is 23.3 Å². The summed E-state index contributed by atoms with van der Waals surface area (Å²) in [6.45, 7) is 0. The van der Waals surface area contributed by atoms with E-state index in [4.69, 9.17) is 5.41 Å². The summed E-state index contributed by atoms with van der Waals surface area (Å²) >= 11 is 0. The van der Waals surface area contributed by atoms with Crippen LogP contribution in [0.25, 0.3) is 0 Å². The molecule has 0 bridgehead atoms. The van der Waals surface area contributed by atoms with Crippen LogP contribution >= 0.6 is 0 Å². The molecule has 0 aliphatic rings. The van der Waals surface area contributed by atoms with E-state index in [-0.39, 0.29) is 0 Å². The van der Waals surface area contributed by atoms with Gasteiger partial charge < -0.3 is 10.2 Å². The van der Waals surface area contributed by atoms with Gasteiger partial charge >= 0.3 is 0 Å². The quantitative estimate of drug-likeness (QED) is 0.373. The highest BCUT2D eigenvalue weighted by Crippen LogP contribution is 1.72. The highest BCUT2D eigenvalue weighted by Gasteiger charge is 1.59. The molecule has 1 aromatic rings. The van der Waals surface area contributed by atoms with Gasteiger partial charge in [0, 0.05) is 0 Å². The second kappa shape index (κ2) is 5.68. The van der Waals surface area contributed by atoms with E-state index in [1.165, 1.54) is 12.7 Å². The highest BCUT2D eigenvalue weighted by molar-refractivity contribution is 5.46. The smallest absolute Gasteiger partial charge is 0.180 e. The van der Waals surface area contributed by atoms with Gasteiger partial charge in [-0.3, -0.25) is 5.41 Å². The molecule has 8 heavy (non-hydrogen) atoms. The molecule has 0 aliphatic heterocycles. The van der Waals surface area contributed by atoms with Crippen LogP contribution in [0.4, 0.5) is 0 Å². The van der Waals surface area contributed by atoms with Crippen LogP contribution in [-0.2, 0) is 0 Å². The van der Waals surface area contributed by atoms with E-state index >= 15 is 0 Å². The second-order valence-electron chi connectivity index (χ2n) is 0.842. The summed E-state index contributed by atoms with van der Waals surface area (Å²) in [5, 5.41) is 5.86. The molecule has 0 saturated heterocycles. The van der Waals surface area contributed by atoms with Gasteiger partial charge in [0.05, 0.1) is 12.5 Å². The zero-order chi connectivity index (χ0) is 6.24. The van der Waals surface area contributed by atoms with E-state index in [1.54, 1.807) is 6.20 Å². The van der Waals surface area contributed by atoms with E-state index in [2.05, 4.69) is 15.1 Å². The standard InChI is InChI=1S/C3H3NO.CH4N2/c1-2-5-3-4-1;2-1-3/h1-3H;1H,(H3,2,3). The van der Waals surface area contributed by atoms with Crippen LogP contribution in [0.3, 0.4) is 0 Å². The third-order valence-corrected chi connectivity index (χ3v) is 0.347. The van der Waals surface area contributed by atoms with Gasteiger partial charge in [0.15, 0.2) is 6.39 Å². The fourth-order valence-corrected chi connectivity index (χ4v) is 0.176. The van der Waals surface area contributed by atoms with Crippen LogP contribution in [0.2, 0.25) is 0 Å². The lowest BCUT2D eigenvalue weighted by atomic mass is 11.0. The lowest BCUT2D eigenvalue weighted by Crippen LogP contribution is -1.81. The van der Waals surface area contributed by atoms with Crippen molar-refractivity contribution < 1.29 is 4.42 Å². The fourth-order valence-electron chi connectivity index (χ4n) is 0.176. The van der Waals surface area contributed by atoms with Crippen molar-refractivity contribution in [3.8, 4) is 0 Å². The van der Waals surface area contributed by atoms with E-state index in [9.17, 15) is 0 Å². The molecule has 1 rings (SSSR count). The fraction of sp³-hybridized carbons (Fsp3) is 0. The molecule has 0 aromatic carbocycles. The largest absolute Gasteiger partial charge is 0.452 e. The van der Waals surface area contributed by atoms with Crippen LogP contribution in [0, 0.1) is 5.41 Å². The Morgan fingerprint density at radius 3 is 2.50 bits per heavy atom. The predicted octanol–water partition coefficient (Wildman–Crippen LogP) is 0.227. The van der Waals surface area contributed by atoms with Gasteiger partial charge in [0.1, 0.15) is 6.26 Å². The Bertz CT molecular complexity index is 97.6. The van der Waals surface area contributed by atoms with Gasteiger partial charge in [-0.05, 0) is 0 Å². The van der Waals surface area contributed by atoms with Gasteiger partial charge in [0.25, 0.3) is 0 Å². The van der Waals surface area contributed by atoms with Crippen molar-refractivity contribution in [1.29, 1.82) is 5.41 Å². The van der Waals surface area contributed by atoms with Gasteiger partial charge in [-0.15, -0.1) is 0 Å². The Labute approximate surface area is 46.8 Å². The molecule has 0 saturated carbocycles. The predicted molar refractivity (Wildman–Crippen MR) is 29.5 cm³/mol. The summed E-state index contributed by atoms with van der Waals surface area (Å²) in [5.41, 5.74) is 4.39. The molecule has 0 amide bonds. The molecule has 0 aliphatic carbocycles. The first-order valence-electron chi connectivity index (χ1n) is 1.94. The van der Waals surface area contributed by atoms with Crippen molar-refractivity contribution in [3.63, 3.8) is 0 Å². The van der Waals surface area contributed by atoms with Gasteiger partial charge in [0.2, 0.25) is 0 Å². The summed E-state index contributed by atoms with van der Waals surface area (Å²) in [4.78, 5) is 3.56. The lowest BCUT2D eigenvalue weighted by Gasteiger charge is -1.47. The maximum Gasteiger partial charge on any atom is 0.180 e. The Kier molecular flexibility index (Phi) is 4.74. The van der Waals surface area contributed by atoms with E-state index in [1.807, 2.05) is 0 Å². The zero-order valence-electron chi connectivity index (χ0n) is 4.24. The normalized spacial score (nSPS) is 6.50. The Morgan fingerprint density at radius 2 is 2.38 bits per heavy atom. The van der Waals surface area contributed by atoms with E-state index in [0.717, 1.165) is 6.34 Å². The number of nitrogens with one attached hydrogen (secondary N) is 1. The molecule has 1 aromatic heterocycles. The summed E-state index contributed by atoms with van der Waals surface area (Å²) in [6, 6.07) is 0. The molecular formula is C4H7N3O. The third kappa shape index (κ3) is 4.68. The van der Waals surface area contributed by atoms with Crippen molar-refractivity contribution in [2.75, 3.05) is 0 Å². The van der Waals surface area contributed by atoms with Crippen molar-refractivity contribution in [3.05, 3.63) is 18.9 Å². The molecular weight excluding hydrogens is 106 g/mol. The Morgan fingerprint density at radius 1 is 1.75 bits per heavy atom. The number of oxazole rings is 1. The number of hydrogen-bond acceptors (Lipinski definition) is 3. The summed E-state index contributed by atoms with van der Waals surface area (Å²) in [6.07, 6.45) is 5.22. The molecule has 0 unspecified atom stereocenters. The molecule has 44 valence electrons. The van der Waals surface area contributed by atoms with Crippen molar-refractivity contribution in [2.45, 2.75) is 0 Å². The number of aromatic nitrogens is 1. The first-order chi connectivity index (χ1) is 3.91. The summed E-state index contributed by atoms with van der Waals surface area (Å²) < 4.78 is 4.47. The number of nitrogens with zero attached hydrogens (tertiary/aromatic N) is 1. The van der Waals surface area contributed by atoms with Crippen LogP contribution in [0.5, 0.6) is 0 Å². The average molecular weight is 113 g/mol. The van der Waals surface area contributed by atoms with Gasteiger partial charge in [-0.25, -0.2) is 4.98 Å².